The number of nitrogens with one attached hydrogen (secondary N) is 2. The van der Waals surface area contributed by atoms with Crippen LogP contribution in [0.2, 0.25) is 50.4 Å². The van der Waals surface area contributed by atoms with Crippen molar-refractivity contribution < 1.29 is 8.23 Å². The maximum absolute atomic E-state index is 6.80. The van der Waals surface area contributed by atoms with E-state index in [1.807, 2.05) is 0 Å². The molecule has 0 bridgehead atoms. The Bertz CT molecular complexity index is 422. The van der Waals surface area contributed by atoms with E-state index in [2.05, 4.69) is 62.1 Å². The van der Waals surface area contributed by atoms with Gasteiger partial charge in [-0.25, -0.2) is 0 Å². The Morgan fingerprint density at radius 2 is 1.61 bits per heavy atom. The highest BCUT2D eigenvalue weighted by Crippen LogP contribution is 2.35. The SMILES string of the molecule is C[Si](C)(O[Si](C)(C)C1C=CCNC1)O[Si](C)(C)C1CCCNC1. The fourth-order valence-corrected chi connectivity index (χ4v) is 18.7. The summed E-state index contributed by atoms with van der Waals surface area (Å²) in [6, 6.07) is 0. The van der Waals surface area contributed by atoms with Crippen LogP contribution in [0.25, 0.3) is 0 Å². The molecule has 0 aromatic heterocycles. The average molecular weight is 373 g/mol. The molecule has 2 aliphatic rings. The molecule has 2 atom stereocenters. The highest BCUT2D eigenvalue weighted by Gasteiger charge is 2.45. The molecule has 0 radical (unpaired) electrons. The second kappa shape index (κ2) is 7.63. The molecule has 7 heteroatoms. The molecule has 0 aromatic carbocycles. The van der Waals surface area contributed by atoms with Crippen molar-refractivity contribution in [3.8, 4) is 0 Å². The zero-order valence-corrected chi connectivity index (χ0v) is 18.9. The lowest BCUT2D eigenvalue weighted by atomic mass is 10.2. The van der Waals surface area contributed by atoms with Gasteiger partial charge in [0.15, 0.2) is 16.6 Å². The highest BCUT2D eigenvalue weighted by molar-refractivity contribution is 6.88. The second-order valence-corrected chi connectivity index (χ2v) is 21.0. The molecule has 0 aliphatic carbocycles. The minimum Gasteiger partial charge on any atom is -0.436 e. The van der Waals surface area contributed by atoms with Gasteiger partial charge in [-0.15, -0.1) is 0 Å². The molecule has 0 amide bonds. The Morgan fingerprint density at radius 1 is 0.913 bits per heavy atom. The topological polar surface area (TPSA) is 42.5 Å². The van der Waals surface area contributed by atoms with Gasteiger partial charge in [0, 0.05) is 18.6 Å². The molecule has 23 heavy (non-hydrogen) atoms. The van der Waals surface area contributed by atoms with Gasteiger partial charge in [-0.3, -0.25) is 0 Å². The lowest BCUT2D eigenvalue weighted by Gasteiger charge is -2.44. The summed E-state index contributed by atoms with van der Waals surface area (Å²) in [4.78, 5) is 0. The zero-order valence-electron chi connectivity index (χ0n) is 15.9. The van der Waals surface area contributed by atoms with Crippen molar-refractivity contribution in [3.05, 3.63) is 12.2 Å². The Balaban J connectivity index is 1.99. The summed E-state index contributed by atoms with van der Waals surface area (Å²) < 4.78 is 13.6. The van der Waals surface area contributed by atoms with Crippen LogP contribution in [0.3, 0.4) is 0 Å². The van der Waals surface area contributed by atoms with Crippen LogP contribution in [0.15, 0.2) is 12.2 Å². The van der Waals surface area contributed by atoms with E-state index < -0.39 is 25.2 Å². The first kappa shape index (κ1) is 19.6. The molecule has 0 saturated carbocycles. The maximum atomic E-state index is 6.80. The van der Waals surface area contributed by atoms with Crippen LogP contribution in [0.1, 0.15) is 12.8 Å². The first-order chi connectivity index (χ1) is 10.6. The van der Waals surface area contributed by atoms with Crippen molar-refractivity contribution in [2.45, 2.75) is 63.2 Å². The monoisotopic (exact) mass is 372 g/mol. The molecule has 1 fully saturated rings. The van der Waals surface area contributed by atoms with Gasteiger partial charge in [0.2, 0.25) is 0 Å². The molecule has 1 saturated heterocycles. The Hall–Kier alpha value is 0.231. The van der Waals surface area contributed by atoms with Gasteiger partial charge >= 0.3 is 8.56 Å². The first-order valence-electron chi connectivity index (χ1n) is 9.11. The van der Waals surface area contributed by atoms with E-state index in [4.69, 9.17) is 8.23 Å². The molecule has 2 aliphatic heterocycles. The molecule has 0 aromatic rings. The molecule has 2 unspecified atom stereocenters. The lowest BCUT2D eigenvalue weighted by molar-refractivity contribution is 0.365. The normalized spacial score (nSPS) is 27.2. The predicted molar refractivity (Wildman–Crippen MR) is 106 cm³/mol. The number of piperidine rings is 1. The van der Waals surface area contributed by atoms with Crippen molar-refractivity contribution >= 4 is 25.2 Å². The number of hydrogen-bond acceptors (Lipinski definition) is 4. The van der Waals surface area contributed by atoms with E-state index in [1.165, 1.54) is 19.4 Å². The van der Waals surface area contributed by atoms with Gasteiger partial charge in [-0.1, -0.05) is 12.2 Å². The average Bonchev–Trinajstić information content (AvgIpc) is 2.47. The molecule has 4 nitrogen and oxygen atoms in total. The Morgan fingerprint density at radius 3 is 2.17 bits per heavy atom. The summed E-state index contributed by atoms with van der Waals surface area (Å²) in [5.41, 5.74) is 1.26. The third-order valence-electron chi connectivity index (χ3n) is 5.19. The van der Waals surface area contributed by atoms with E-state index in [-0.39, 0.29) is 0 Å². The van der Waals surface area contributed by atoms with Crippen LogP contribution < -0.4 is 10.6 Å². The molecule has 0 spiro atoms. The largest absolute Gasteiger partial charge is 0.436 e. The third-order valence-corrected chi connectivity index (χ3v) is 18.0. The van der Waals surface area contributed by atoms with Crippen LogP contribution in [0.4, 0.5) is 0 Å². The van der Waals surface area contributed by atoms with Gasteiger partial charge in [0.25, 0.3) is 0 Å². The van der Waals surface area contributed by atoms with Crippen LogP contribution >= 0.6 is 0 Å². The van der Waals surface area contributed by atoms with E-state index >= 15 is 0 Å². The Labute approximate surface area is 145 Å². The lowest BCUT2D eigenvalue weighted by Crippen LogP contribution is -2.57. The molecule has 2 heterocycles. The summed E-state index contributed by atoms with van der Waals surface area (Å²) in [7, 11) is -5.63. The second-order valence-electron chi connectivity index (χ2n) is 8.55. The molecule has 2 rings (SSSR count). The number of hydrogen-bond donors (Lipinski definition) is 2. The summed E-state index contributed by atoms with van der Waals surface area (Å²) in [6.07, 6.45) is 7.20. The van der Waals surface area contributed by atoms with Crippen LogP contribution in [0, 0.1) is 0 Å². The highest BCUT2D eigenvalue weighted by atomic mass is 28.5. The van der Waals surface area contributed by atoms with Gasteiger partial charge < -0.3 is 18.9 Å². The van der Waals surface area contributed by atoms with Gasteiger partial charge in [0.05, 0.1) is 0 Å². The number of rotatable bonds is 6. The molecular weight excluding hydrogens is 336 g/mol. The summed E-state index contributed by atoms with van der Waals surface area (Å²) in [5.74, 6) is 0. The van der Waals surface area contributed by atoms with Crippen molar-refractivity contribution in [2.75, 3.05) is 26.2 Å². The minimum absolute atomic E-state index is 0.549. The van der Waals surface area contributed by atoms with Gasteiger partial charge in [-0.2, -0.15) is 0 Å². The molecule has 2 N–H and O–H groups in total. The maximum Gasteiger partial charge on any atom is 0.311 e. The summed E-state index contributed by atoms with van der Waals surface area (Å²) >= 11 is 0. The molecule has 134 valence electrons. The van der Waals surface area contributed by atoms with E-state index in [0.717, 1.165) is 19.6 Å². The quantitative estimate of drug-likeness (QED) is 0.554. The minimum atomic E-state index is -2.11. The van der Waals surface area contributed by atoms with E-state index in [1.54, 1.807) is 0 Å². The van der Waals surface area contributed by atoms with E-state index in [0.29, 0.717) is 11.1 Å². The fraction of sp³-hybridized carbons (Fsp3) is 0.875. The van der Waals surface area contributed by atoms with Crippen molar-refractivity contribution in [1.82, 2.24) is 10.6 Å². The smallest absolute Gasteiger partial charge is 0.311 e. The van der Waals surface area contributed by atoms with E-state index in [9.17, 15) is 0 Å². The Kier molecular flexibility index (Phi) is 6.49. The standard InChI is InChI=1S/C16H36N2O2Si3/c1-21(2,15-9-7-11-17-13-15)19-23(5,6)20-22(3,4)16-10-8-12-18-14-16/h7,9,15-18H,8,10-14H2,1-6H3. The van der Waals surface area contributed by atoms with Crippen molar-refractivity contribution in [1.29, 1.82) is 0 Å². The van der Waals surface area contributed by atoms with Crippen molar-refractivity contribution in [3.63, 3.8) is 0 Å². The van der Waals surface area contributed by atoms with Gasteiger partial charge in [0.1, 0.15) is 0 Å². The van der Waals surface area contributed by atoms with Crippen molar-refractivity contribution in [2.24, 2.45) is 0 Å². The predicted octanol–water partition coefficient (Wildman–Crippen LogP) is 3.41. The molecular formula is C16H36N2O2Si3. The summed E-state index contributed by atoms with van der Waals surface area (Å²) in [6.45, 7) is 18.3. The van der Waals surface area contributed by atoms with Gasteiger partial charge in [-0.05, 0) is 70.8 Å². The zero-order chi connectivity index (χ0) is 17.1. The van der Waals surface area contributed by atoms with Crippen LogP contribution in [0.5, 0.6) is 0 Å². The van der Waals surface area contributed by atoms with Crippen LogP contribution in [-0.2, 0) is 8.23 Å². The fourth-order valence-electron chi connectivity index (χ4n) is 3.99. The summed E-state index contributed by atoms with van der Waals surface area (Å²) in [5, 5.41) is 7.02. The van der Waals surface area contributed by atoms with Crippen LogP contribution in [-0.4, -0.2) is 51.4 Å². The third kappa shape index (κ3) is 5.62. The first-order valence-corrected chi connectivity index (χ1v) is 17.9.